The number of benzene rings is 2. The van der Waals surface area contributed by atoms with Crippen LogP contribution in [0.3, 0.4) is 0 Å². The summed E-state index contributed by atoms with van der Waals surface area (Å²) in [5, 5.41) is 1.70. The molecule has 9 heteroatoms. The number of anilines is 3. The second-order valence-corrected chi connectivity index (χ2v) is 8.74. The summed E-state index contributed by atoms with van der Waals surface area (Å²) in [7, 11) is -3.80. The standard InChI is InChI=1S/C16H16F3IN2O2S/c1-3-9(2)25(23,24)22-14-7-5-11(17)15(19)16(14)21-13-6-4-10(20)8-12(13)18/h4-9,21-22H,3H2,1-2H3. The van der Waals surface area contributed by atoms with Crippen LogP contribution < -0.4 is 10.0 Å². The van der Waals surface area contributed by atoms with Gasteiger partial charge in [0.2, 0.25) is 10.0 Å². The fraction of sp³-hybridized carbons (Fsp3) is 0.250. The van der Waals surface area contributed by atoms with Crippen molar-refractivity contribution in [2.45, 2.75) is 25.5 Å². The first-order valence-corrected chi connectivity index (χ1v) is 10.00. The zero-order valence-corrected chi connectivity index (χ0v) is 16.4. The molecule has 2 rings (SSSR count). The van der Waals surface area contributed by atoms with Crippen molar-refractivity contribution in [3.8, 4) is 0 Å². The molecule has 1 unspecified atom stereocenters. The van der Waals surface area contributed by atoms with E-state index >= 15 is 0 Å². The summed E-state index contributed by atoms with van der Waals surface area (Å²) >= 11 is 1.91. The van der Waals surface area contributed by atoms with Gasteiger partial charge in [-0.05, 0) is 66.3 Å². The molecule has 1 atom stereocenters. The third-order valence-corrected chi connectivity index (χ3v) is 6.21. The number of sulfonamides is 1. The number of nitrogens with one attached hydrogen (secondary N) is 2. The van der Waals surface area contributed by atoms with Crippen LogP contribution in [0.4, 0.5) is 30.2 Å². The molecule has 0 fully saturated rings. The minimum atomic E-state index is -3.80. The maximum absolute atomic E-state index is 14.2. The molecular formula is C16H16F3IN2O2S. The third-order valence-electron chi connectivity index (χ3n) is 3.64. The van der Waals surface area contributed by atoms with E-state index in [9.17, 15) is 21.6 Å². The fourth-order valence-corrected chi connectivity index (χ4v) is 3.53. The van der Waals surface area contributed by atoms with Crippen LogP contribution in [0.5, 0.6) is 0 Å². The highest BCUT2D eigenvalue weighted by molar-refractivity contribution is 14.1. The average molecular weight is 484 g/mol. The number of hydrogen-bond acceptors (Lipinski definition) is 3. The van der Waals surface area contributed by atoms with Crippen LogP contribution in [0.1, 0.15) is 20.3 Å². The molecule has 0 heterocycles. The van der Waals surface area contributed by atoms with Gasteiger partial charge >= 0.3 is 0 Å². The van der Waals surface area contributed by atoms with Gasteiger partial charge in [0.05, 0.1) is 16.6 Å². The minimum absolute atomic E-state index is 0.103. The van der Waals surface area contributed by atoms with Crippen LogP contribution in [-0.2, 0) is 10.0 Å². The summed E-state index contributed by atoms with van der Waals surface area (Å²) in [5.74, 6) is -3.16. The Kier molecular flexibility index (Phi) is 6.20. The third kappa shape index (κ3) is 4.57. The van der Waals surface area contributed by atoms with Crippen LogP contribution in [0.25, 0.3) is 0 Å². The molecule has 0 aliphatic heterocycles. The van der Waals surface area contributed by atoms with E-state index in [1.165, 1.54) is 19.1 Å². The first kappa shape index (κ1) is 19.8. The second-order valence-electron chi connectivity index (χ2n) is 5.40. The Morgan fingerprint density at radius 2 is 1.72 bits per heavy atom. The highest BCUT2D eigenvalue weighted by Crippen LogP contribution is 2.32. The van der Waals surface area contributed by atoms with Crippen molar-refractivity contribution in [2.75, 3.05) is 10.0 Å². The van der Waals surface area contributed by atoms with E-state index in [4.69, 9.17) is 0 Å². The van der Waals surface area contributed by atoms with Gasteiger partial charge in [-0.3, -0.25) is 4.72 Å². The van der Waals surface area contributed by atoms with Gasteiger partial charge in [-0.1, -0.05) is 6.92 Å². The van der Waals surface area contributed by atoms with E-state index in [1.54, 1.807) is 13.0 Å². The van der Waals surface area contributed by atoms with E-state index in [0.29, 0.717) is 9.99 Å². The molecule has 25 heavy (non-hydrogen) atoms. The highest BCUT2D eigenvalue weighted by atomic mass is 127. The lowest BCUT2D eigenvalue weighted by Gasteiger charge is -2.18. The lowest BCUT2D eigenvalue weighted by atomic mass is 10.2. The van der Waals surface area contributed by atoms with Gasteiger partial charge in [-0.25, -0.2) is 21.6 Å². The normalized spacial score (nSPS) is 12.7. The van der Waals surface area contributed by atoms with Crippen LogP contribution >= 0.6 is 22.6 Å². The molecule has 136 valence electrons. The maximum atomic E-state index is 14.2. The Balaban J connectivity index is 2.48. The summed E-state index contributed by atoms with van der Waals surface area (Å²) in [5.41, 5.74) is -0.780. The van der Waals surface area contributed by atoms with Crippen molar-refractivity contribution in [2.24, 2.45) is 0 Å². The molecule has 2 N–H and O–H groups in total. The maximum Gasteiger partial charge on any atom is 0.235 e. The van der Waals surface area contributed by atoms with Gasteiger partial charge in [-0.2, -0.15) is 0 Å². The molecule has 0 amide bonds. The van der Waals surface area contributed by atoms with Gasteiger partial charge < -0.3 is 5.32 Å². The molecule has 0 spiro atoms. The van der Waals surface area contributed by atoms with Crippen molar-refractivity contribution in [1.29, 1.82) is 0 Å². The molecular weight excluding hydrogens is 468 g/mol. The quantitative estimate of drug-likeness (QED) is 0.568. The SMILES string of the molecule is CCC(C)S(=O)(=O)Nc1ccc(F)c(F)c1Nc1ccc(I)cc1F. The zero-order valence-electron chi connectivity index (χ0n) is 13.4. The van der Waals surface area contributed by atoms with Crippen molar-refractivity contribution in [1.82, 2.24) is 0 Å². The Bertz CT molecular complexity index is 891. The van der Waals surface area contributed by atoms with Crippen LogP contribution in [0.15, 0.2) is 30.3 Å². The monoisotopic (exact) mass is 484 g/mol. The molecule has 0 radical (unpaired) electrons. The summed E-state index contributed by atoms with van der Waals surface area (Å²) in [6.45, 7) is 3.18. The highest BCUT2D eigenvalue weighted by Gasteiger charge is 2.23. The number of hydrogen-bond donors (Lipinski definition) is 2. The van der Waals surface area contributed by atoms with E-state index in [-0.39, 0.29) is 11.4 Å². The Labute approximate surface area is 158 Å². The topological polar surface area (TPSA) is 58.2 Å². The molecule has 4 nitrogen and oxygen atoms in total. The summed E-state index contributed by atoms with van der Waals surface area (Å²) in [4.78, 5) is 0. The zero-order chi connectivity index (χ0) is 18.8. The largest absolute Gasteiger partial charge is 0.349 e. The van der Waals surface area contributed by atoms with E-state index < -0.39 is 38.4 Å². The molecule has 0 saturated heterocycles. The van der Waals surface area contributed by atoms with Crippen LogP contribution in [0, 0.1) is 21.0 Å². The first-order valence-electron chi connectivity index (χ1n) is 7.37. The van der Waals surface area contributed by atoms with E-state index in [2.05, 4.69) is 10.0 Å². The predicted octanol–water partition coefficient (Wildman–Crippen LogP) is 4.99. The lowest BCUT2D eigenvalue weighted by molar-refractivity contribution is 0.512. The first-order chi connectivity index (χ1) is 11.7. The van der Waals surface area contributed by atoms with Crippen LogP contribution in [0.2, 0.25) is 0 Å². The van der Waals surface area contributed by atoms with E-state index in [0.717, 1.165) is 12.1 Å². The predicted molar refractivity (Wildman–Crippen MR) is 101 cm³/mol. The summed E-state index contributed by atoms with van der Waals surface area (Å²) in [6.07, 6.45) is 0.341. The lowest BCUT2D eigenvalue weighted by Crippen LogP contribution is -2.25. The van der Waals surface area contributed by atoms with Gasteiger partial charge in [0.25, 0.3) is 0 Å². The van der Waals surface area contributed by atoms with Gasteiger partial charge in [0.15, 0.2) is 11.6 Å². The average Bonchev–Trinajstić information content (AvgIpc) is 2.55. The molecule has 0 bridgehead atoms. The van der Waals surface area contributed by atoms with Crippen LogP contribution in [-0.4, -0.2) is 13.7 Å². The number of halogens is 4. The van der Waals surface area contributed by atoms with Crippen molar-refractivity contribution < 1.29 is 21.6 Å². The number of rotatable bonds is 6. The Morgan fingerprint density at radius 3 is 2.32 bits per heavy atom. The molecule has 2 aromatic carbocycles. The van der Waals surface area contributed by atoms with Gasteiger partial charge in [0.1, 0.15) is 11.5 Å². The summed E-state index contributed by atoms with van der Waals surface area (Å²) < 4.78 is 69.1. The van der Waals surface area contributed by atoms with Crippen molar-refractivity contribution >= 4 is 49.7 Å². The molecule has 0 aromatic heterocycles. The Morgan fingerprint density at radius 1 is 1.08 bits per heavy atom. The minimum Gasteiger partial charge on any atom is -0.349 e. The Hall–Kier alpha value is -1.49. The smallest absolute Gasteiger partial charge is 0.235 e. The molecule has 0 saturated carbocycles. The molecule has 2 aromatic rings. The molecule has 0 aliphatic rings. The molecule has 0 aliphatic carbocycles. The van der Waals surface area contributed by atoms with E-state index in [1.807, 2.05) is 22.6 Å². The fourth-order valence-electron chi connectivity index (χ4n) is 1.96. The van der Waals surface area contributed by atoms with Gasteiger partial charge in [-0.15, -0.1) is 0 Å². The second kappa shape index (κ2) is 7.81. The summed E-state index contributed by atoms with van der Waals surface area (Å²) in [6, 6.07) is 6.04. The van der Waals surface area contributed by atoms with Crippen molar-refractivity contribution in [3.63, 3.8) is 0 Å². The van der Waals surface area contributed by atoms with Gasteiger partial charge in [0, 0.05) is 3.57 Å². The van der Waals surface area contributed by atoms with Crippen molar-refractivity contribution in [3.05, 3.63) is 51.4 Å².